The van der Waals surface area contributed by atoms with Crippen molar-refractivity contribution in [2.45, 2.75) is 44.3 Å². The Hall–Kier alpha value is -2.36. The van der Waals surface area contributed by atoms with E-state index in [1.807, 2.05) is 0 Å². The Balaban J connectivity index is 2.16. The van der Waals surface area contributed by atoms with Crippen LogP contribution in [-0.2, 0) is 0 Å². The molecule has 0 radical (unpaired) electrons. The lowest BCUT2D eigenvalue weighted by atomic mass is 9.83. The number of carbonyl (C=O) groups is 1. The summed E-state index contributed by atoms with van der Waals surface area (Å²) in [6.07, 6.45) is 4.01. The van der Waals surface area contributed by atoms with Crippen LogP contribution in [0.1, 0.15) is 42.5 Å². The maximum absolute atomic E-state index is 13.5. The van der Waals surface area contributed by atoms with E-state index in [9.17, 15) is 18.0 Å². The van der Waals surface area contributed by atoms with Crippen LogP contribution < -0.4 is 14.8 Å². The number of terminal acetylenes is 1. The molecule has 1 N–H and O–H groups in total. The second-order valence-electron chi connectivity index (χ2n) is 6.25. The third-order valence-electron chi connectivity index (χ3n) is 4.50. The quantitative estimate of drug-likeness (QED) is 0.773. The van der Waals surface area contributed by atoms with Gasteiger partial charge in [-0.05, 0) is 37.0 Å². The fourth-order valence-electron chi connectivity index (χ4n) is 3.21. The molecule has 0 bridgehead atoms. The minimum absolute atomic E-state index is 0.0136. The van der Waals surface area contributed by atoms with Gasteiger partial charge in [-0.15, -0.1) is 6.42 Å². The van der Waals surface area contributed by atoms with Crippen LogP contribution in [0.2, 0.25) is 0 Å². The standard InChI is InChI=1S/C19H22F3NO3/c1-3-11-26-15-10-9-14(12-16(15)25-2)18(24)23-17(19(20,21)22)13-7-5-4-6-8-13/h1,9-10,12-13,17H,4-8,11H2,2H3,(H,23,24). The Morgan fingerprint density at radius 2 is 2.00 bits per heavy atom. The number of alkyl halides is 3. The highest BCUT2D eigenvalue weighted by molar-refractivity contribution is 5.95. The zero-order valence-electron chi connectivity index (χ0n) is 14.6. The van der Waals surface area contributed by atoms with Gasteiger partial charge in [0.1, 0.15) is 12.6 Å². The molecule has 1 unspecified atom stereocenters. The summed E-state index contributed by atoms with van der Waals surface area (Å²) in [4.78, 5) is 12.4. The average molecular weight is 369 g/mol. The van der Waals surface area contributed by atoms with Gasteiger partial charge in [0.15, 0.2) is 11.5 Å². The highest BCUT2D eigenvalue weighted by Gasteiger charge is 2.45. The van der Waals surface area contributed by atoms with E-state index in [4.69, 9.17) is 15.9 Å². The topological polar surface area (TPSA) is 47.6 Å². The molecule has 1 fully saturated rings. The maximum Gasteiger partial charge on any atom is 0.408 e. The number of ether oxygens (including phenoxy) is 2. The Labute approximate surface area is 151 Å². The van der Waals surface area contributed by atoms with Crippen LogP contribution in [0.25, 0.3) is 0 Å². The van der Waals surface area contributed by atoms with Gasteiger partial charge in [-0.2, -0.15) is 13.2 Å². The normalized spacial score (nSPS) is 16.4. The molecule has 1 aliphatic carbocycles. The lowest BCUT2D eigenvalue weighted by Crippen LogP contribution is -2.50. The minimum Gasteiger partial charge on any atom is -0.493 e. The second-order valence-corrected chi connectivity index (χ2v) is 6.25. The number of hydrogen-bond donors (Lipinski definition) is 1. The summed E-state index contributed by atoms with van der Waals surface area (Å²) < 4.78 is 50.7. The van der Waals surface area contributed by atoms with E-state index in [-0.39, 0.29) is 17.9 Å². The molecule has 1 amide bonds. The van der Waals surface area contributed by atoms with Crippen LogP contribution in [0.15, 0.2) is 18.2 Å². The van der Waals surface area contributed by atoms with Gasteiger partial charge in [0.25, 0.3) is 5.91 Å². The van der Waals surface area contributed by atoms with Crippen molar-refractivity contribution >= 4 is 5.91 Å². The van der Waals surface area contributed by atoms with Crippen molar-refractivity contribution in [3.05, 3.63) is 23.8 Å². The summed E-state index contributed by atoms with van der Waals surface area (Å²) in [6, 6.07) is 2.33. The SMILES string of the molecule is C#CCOc1ccc(C(=O)NC(C2CCCCC2)C(F)(F)F)cc1OC. The number of nitrogens with one attached hydrogen (secondary N) is 1. The Kier molecular flexibility index (Phi) is 6.78. The largest absolute Gasteiger partial charge is 0.493 e. The summed E-state index contributed by atoms with van der Waals surface area (Å²) >= 11 is 0. The number of rotatable bonds is 6. The molecule has 4 nitrogen and oxygen atoms in total. The average Bonchev–Trinajstić information content (AvgIpc) is 2.63. The molecular formula is C19H22F3NO3. The van der Waals surface area contributed by atoms with Gasteiger partial charge in [-0.3, -0.25) is 4.79 Å². The van der Waals surface area contributed by atoms with Gasteiger partial charge in [0, 0.05) is 5.56 Å². The molecular weight excluding hydrogens is 347 g/mol. The molecule has 26 heavy (non-hydrogen) atoms. The van der Waals surface area contributed by atoms with Crippen molar-refractivity contribution in [1.29, 1.82) is 0 Å². The fourth-order valence-corrected chi connectivity index (χ4v) is 3.21. The van der Waals surface area contributed by atoms with E-state index >= 15 is 0 Å². The molecule has 1 saturated carbocycles. The van der Waals surface area contributed by atoms with Gasteiger partial charge in [0.05, 0.1) is 7.11 Å². The van der Waals surface area contributed by atoms with Crippen molar-refractivity contribution in [3.63, 3.8) is 0 Å². The molecule has 142 valence electrons. The third-order valence-corrected chi connectivity index (χ3v) is 4.50. The van der Waals surface area contributed by atoms with Crippen molar-refractivity contribution < 1.29 is 27.4 Å². The van der Waals surface area contributed by atoms with Gasteiger partial charge in [-0.1, -0.05) is 25.2 Å². The van der Waals surface area contributed by atoms with Crippen molar-refractivity contribution in [2.75, 3.05) is 13.7 Å². The molecule has 1 aromatic carbocycles. The van der Waals surface area contributed by atoms with Crippen LogP contribution in [0.5, 0.6) is 11.5 Å². The zero-order valence-corrected chi connectivity index (χ0v) is 14.6. The molecule has 0 aliphatic heterocycles. The number of methoxy groups -OCH3 is 1. The second kappa shape index (κ2) is 8.84. The molecule has 0 aromatic heterocycles. The predicted molar refractivity (Wildman–Crippen MR) is 91.2 cm³/mol. The summed E-state index contributed by atoms with van der Waals surface area (Å²) in [7, 11) is 1.38. The molecule has 1 atom stereocenters. The van der Waals surface area contributed by atoms with Gasteiger partial charge >= 0.3 is 6.18 Å². The predicted octanol–water partition coefficient (Wildman–Crippen LogP) is 3.95. The Morgan fingerprint density at radius 1 is 1.31 bits per heavy atom. The maximum atomic E-state index is 13.5. The number of halogens is 3. The number of hydrogen-bond acceptors (Lipinski definition) is 3. The van der Waals surface area contributed by atoms with Crippen LogP contribution in [-0.4, -0.2) is 31.8 Å². The zero-order chi connectivity index (χ0) is 19.2. The first-order valence-corrected chi connectivity index (χ1v) is 8.48. The lowest BCUT2D eigenvalue weighted by Gasteiger charge is -2.32. The molecule has 1 aliphatic rings. The summed E-state index contributed by atoms with van der Waals surface area (Å²) in [5, 5.41) is 2.16. The first-order chi connectivity index (χ1) is 12.4. The van der Waals surface area contributed by atoms with Crippen molar-refractivity contribution in [1.82, 2.24) is 5.32 Å². The monoisotopic (exact) mass is 369 g/mol. The van der Waals surface area contributed by atoms with E-state index in [2.05, 4.69) is 11.2 Å². The van der Waals surface area contributed by atoms with E-state index in [0.29, 0.717) is 18.6 Å². The summed E-state index contributed by atoms with van der Waals surface area (Å²) in [5.41, 5.74) is 0.0694. The minimum atomic E-state index is -4.49. The number of benzene rings is 1. The van der Waals surface area contributed by atoms with Crippen LogP contribution in [0.4, 0.5) is 13.2 Å². The molecule has 2 rings (SSSR count). The van der Waals surface area contributed by atoms with Crippen molar-refractivity contribution in [3.8, 4) is 23.8 Å². The van der Waals surface area contributed by atoms with E-state index < -0.39 is 24.0 Å². The van der Waals surface area contributed by atoms with E-state index in [0.717, 1.165) is 19.3 Å². The fraction of sp³-hybridized carbons (Fsp3) is 0.526. The molecule has 0 spiro atoms. The van der Waals surface area contributed by atoms with Crippen LogP contribution in [0, 0.1) is 18.3 Å². The van der Waals surface area contributed by atoms with Gasteiger partial charge in [0.2, 0.25) is 0 Å². The molecule has 0 heterocycles. The molecule has 0 saturated heterocycles. The van der Waals surface area contributed by atoms with E-state index in [1.54, 1.807) is 0 Å². The number of amides is 1. The van der Waals surface area contributed by atoms with Crippen LogP contribution in [0.3, 0.4) is 0 Å². The Morgan fingerprint density at radius 3 is 2.58 bits per heavy atom. The highest BCUT2D eigenvalue weighted by Crippen LogP contribution is 2.35. The summed E-state index contributed by atoms with van der Waals surface area (Å²) in [5.74, 6) is 1.47. The van der Waals surface area contributed by atoms with E-state index in [1.165, 1.54) is 25.3 Å². The first kappa shape index (κ1) is 20.0. The Bertz CT molecular complexity index is 661. The highest BCUT2D eigenvalue weighted by atomic mass is 19.4. The van der Waals surface area contributed by atoms with Gasteiger partial charge < -0.3 is 14.8 Å². The lowest BCUT2D eigenvalue weighted by molar-refractivity contribution is -0.167. The third kappa shape index (κ3) is 5.07. The van der Waals surface area contributed by atoms with Gasteiger partial charge in [-0.25, -0.2) is 0 Å². The summed E-state index contributed by atoms with van der Waals surface area (Å²) in [6.45, 7) is 0.0136. The molecule has 7 heteroatoms. The smallest absolute Gasteiger partial charge is 0.408 e. The van der Waals surface area contributed by atoms with Crippen molar-refractivity contribution in [2.24, 2.45) is 5.92 Å². The van der Waals surface area contributed by atoms with Crippen LogP contribution >= 0.6 is 0 Å². The first-order valence-electron chi connectivity index (χ1n) is 8.48. The molecule has 1 aromatic rings. The number of carbonyl (C=O) groups excluding carboxylic acids is 1.